The van der Waals surface area contributed by atoms with Crippen molar-refractivity contribution in [3.63, 3.8) is 0 Å². The lowest BCUT2D eigenvalue weighted by Crippen LogP contribution is -2.44. The van der Waals surface area contributed by atoms with Crippen molar-refractivity contribution < 1.29 is 4.79 Å². The van der Waals surface area contributed by atoms with Crippen LogP contribution < -0.4 is 15.9 Å². The Balaban J connectivity index is 2.60. The second-order valence-electron chi connectivity index (χ2n) is 3.85. The first-order chi connectivity index (χ1) is 7.34. The van der Waals surface area contributed by atoms with Gasteiger partial charge >= 0.3 is 4.87 Å². The summed E-state index contributed by atoms with van der Waals surface area (Å²) >= 11 is 5.86. The fourth-order valence-corrected chi connectivity index (χ4v) is 1.58. The van der Waals surface area contributed by atoms with E-state index in [2.05, 4.69) is 10.3 Å². The Kier molecular flexibility index (Phi) is 3.82. The number of aromatic amines is 1. The van der Waals surface area contributed by atoms with Crippen LogP contribution in [-0.4, -0.2) is 15.9 Å². The van der Waals surface area contributed by atoms with Crippen LogP contribution in [-0.2, 0) is 11.3 Å². The molecule has 0 radical (unpaired) electrons. The van der Waals surface area contributed by atoms with Crippen molar-refractivity contribution in [1.29, 1.82) is 0 Å². The maximum Gasteiger partial charge on any atom is 0.304 e. The smallest absolute Gasteiger partial charge is 0.304 e. The number of amides is 1. The van der Waals surface area contributed by atoms with E-state index in [9.17, 15) is 9.59 Å². The zero-order valence-corrected chi connectivity index (χ0v) is 10.6. The molecule has 1 rings (SSSR count). The van der Waals surface area contributed by atoms with Crippen LogP contribution in [0.3, 0.4) is 0 Å². The van der Waals surface area contributed by atoms with Crippen molar-refractivity contribution in [2.75, 3.05) is 0 Å². The van der Waals surface area contributed by atoms with Gasteiger partial charge in [0.25, 0.3) is 0 Å². The summed E-state index contributed by atoms with van der Waals surface area (Å²) in [4.78, 5) is 25.2. The topological polar surface area (TPSA) is 88.0 Å². The molecule has 88 valence electrons. The van der Waals surface area contributed by atoms with E-state index in [1.54, 1.807) is 19.2 Å². The van der Waals surface area contributed by atoms with Gasteiger partial charge in [-0.15, -0.1) is 0 Å². The molecule has 0 bridgehead atoms. The highest BCUT2D eigenvalue weighted by Crippen LogP contribution is 2.15. The molecule has 16 heavy (non-hydrogen) atoms. The zero-order chi connectivity index (χ0) is 12.3. The SMILES string of the molecule is CC(C)(C(=O)NCc1csc(=O)[nH]1)C(N)=S. The van der Waals surface area contributed by atoms with Gasteiger partial charge in [-0.3, -0.25) is 9.59 Å². The number of nitrogens with one attached hydrogen (secondary N) is 2. The minimum Gasteiger partial charge on any atom is -0.392 e. The van der Waals surface area contributed by atoms with Gasteiger partial charge in [-0.1, -0.05) is 23.6 Å². The van der Waals surface area contributed by atoms with E-state index in [1.807, 2.05) is 0 Å². The van der Waals surface area contributed by atoms with Crippen molar-refractivity contribution in [2.45, 2.75) is 20.4 Å². The largest absolute Gasteiger partial charge is 0.392 e. The van der Waals surface area contributed by atoms with Gasteiger partial charge in [-0.05, 0) is 13.8 Å². The number of H-pyrrole nitrogens is 1. The van der Waals surface area contributed by atoms with E-state index in [4.69, 9.17) is 18.0 Å². The maximum absolute atomic E-state index is 11.7. The molecule has 1 aromatic rings. The average Bonchev–Trinajstić information content (AvgIpc) is 2.60. The van der Waals surface area contributed by atoms with Crippen molar-refractivity contribution in [1.82, 2.24) is 10.3 Å². The lowest BCUT2D eigenvalue weighted by atomic mass is 9.92. The minimum absolute atomic E-state index is 0.141. The normalized spacial score (nSPS) is 11.1. The van der Waals surface area contributed by atoms with E-state index >= 15 is 0 Å². The molecule has 5 nitrogen and oxygen atoms in total. The van der Waals surface area contributed by atoms with Gasteiger partial charge in [0.05, 0.1) is 16.9 Å². The average molecular weight is 259 g/mol. The second-order valence-corrected chi connectivity index (χ2v) is 5.13. The molecule has 4 N–H and O–H groups in total. The van der Waals surface area contributed by atoms with Gasteiger partial charge in [-0.2, -0.15) is 0 Å². The van der Waals surface area contributed by atoms with E-state index in [0.29, 0.717) is 5.69 Å². The number of nitrogens with two attached hydrogens (primary N) is 1. The molecule has 0 saturated carbocycles. The highest BCUT2D eigenvalue weighted by Gasteiger charge is 2.30. The standard InChI is InChI=1S/C9H13N3O2S2/c1-9(2,6(10)15)7(13)11-3-5-4-16-8(14)12-5/h4H,3H2,1-2H3,(H2,10,15)(H,11,13)(H,12,14). The number of thiazole rings is 1. The second kappa shape index (κ2) is 4.75. The molecule has 0 spiro atoms. The summed E-state index contributed by atoms with van der Waals surface area (Å²) in [5, 5.41) is 4.33. The van der Waals surface area contributed by atoms with E-state index in [0.717, 1.165) is 11.3 Å². The van der Waals surface area contributed by atoms with E-state index in [1.165, 1.54) is 0 Å². The number of hydrogen-bond donors (Lipinski definition) is 3. The van der Waals surface area contributed by atoms with Crippen molar-refractivity contribution >= 4 is 34.5 Å². The fraction of sp³-hybridized carbons (Fsp3) is 0.444. The first-order valence-corrected chi connectivity index (χ1v) is 5.87. The molecule has 0 aliphatic rings. The molecule has 0 saturated heterocycles. The van der Waals surface area contributed by atoms with Crippen LogP contribution in [0, 0.1) is 5.41 Å². The summed E-state index contributed by atoms with van der Waals surface area (Å²) in [5.74, 6) is -0.257. The molecule has 0 aliphatic heterocycles. The highest BCUT2D eigenvalue weighted by molar-refractivity contribution is 7.80. The van der Waals surface area contributed by atoms with Gasteiger partial charge < -0.3 is 16.0 Å². The Morgan fingerprint density at radius 2 is 2.31 bits per heavy atom. The maximum atomic E-state index is 11.7. The zero-order valence-electron chi connectivity index (χ0n) is 8.99. The molecule has 0 fully saturated rings. The lowest BCUT2D eigenvalue weighted by Gasteiger charge is -2.21. The van der Waals surface area contributed by atoms with Crippen molar-refractivity contribution in [2.24, 2.45) is 11.1 Å². The molecular formula is C9H13N3O2S2. The van der Waals surface area contributed by atoms with Gasteiger partial charge in [0, 0.05) is 11.1 Å². The van der Waals surface area contributed by atoms with Crippen LogP contribution in [0.15, 0.2) is 10.2 Å². The van der Waals surface area contributed by atoms with Gasteiger partial charge in [-0.25, -0.2) is 0 Å². The first kappa shape index (κ1) is 12.9. The van der Waals surface area contributed by atoms with Crippen molar-refractivity contribution in [3.8, 4) is 0 Å². The first-order valence-electron chi connectivity index (χ1n) is 4.59. The van der Waals surface area contributed by atoms with Crippen LogP contribution >= 0.6 is 23.6 Å². The summed E-state index contributed by atoms with van der Waals surface area (Å²) in [7, 11) is 0. The molecule has 1 amide bonds. The number of carbonyl (C=O) groups excluding carboxylic acids is 1. The Morgan fingerprint density at radius 3 is 2.75 bits per heavy atom. The third-order valence-electron chi connectivity index (χ3n) is 2.19. The number of aromatic nitrogens is 1. The molecule has 0 aromatic carbocycles. The predicted molar refractivity (Wildman–Crippen MR) is 67.4 cm³/mol. The lowest BCUT2D eigenvalue weighted by molar-refractivity contribution is -0.126. The minimum atomic E-state index is -0.883. The molecule has 0 atom stereocenters. The molecule has 1 aromatic heterocycles. The van der Waals surface area contributed by atoms with Gasteiger partial charge in [0.1, 0.15) is 0 Å². The summed E-state index contributed by atoms with van der Waals surface area (Å²) in [5.41, 5.74) is 5.24. The number of rotatable bonds is 4. The molecular weight excluding hydrogens is 246 g/mol. The quantitative estimate of drug-likeness (QED) is 0.681. The molecule has 0 aliphatic carbocycles. The highest BCUT2D eigenvalue weighted by atomic mass is 32.1. The predicted octanol–water partition coefficient (Wildman–Crippen LogP) is 0.365. The Bertz CT molecular complexity index is 461. The Morgan fingerprint density at radius 1 is 1.69 bits per heavy atom. The Hall–Kier alpha value is -1.21. The van der Waals surface area contributed by atoms with E-state index in [-0.39, 0.29) is 22.3 Å². The molecule has 0 unspecified atom stereocenters. The summed E-state index contributed by atoms with van der Waals surface area (Å²) in [6.45, 7) is 3.58. The van der Waals surface area contributed by atoms with Crippen LogP contribution in [0.25, 0.3) is 0 Å². The van der Waals surface area contributed by atoms with Crippen molar-refractivity contribution in [3.05, 3.63) is 20.7 Å². The summed E-state index contributed by atoms with van der Waals surface area (Å²) in [6, 6.07) is 0. The van der Waals surface area contributed by atoms with E-state index < -0.39 is 5.41 Å². The molecule has 1 heterocycles. The summed E-state index contributed by atoms with van der Waals surface area (Å²) < 4.78 is 0. The monoisotopic (exact) mass is 259 g/mol. The number of carbonyl (C=O) groups is 1. The third-order valence-corrected chi connectivity index (χ3v) is 3.42. The fourth-order valence-electron chi connectivity index (χ4n) is 0.909. The van der Waals surface area contributed by atoms with Crippen LogP contribution in [0.5, 0.6) is 0 Å². The van der Waals surface area contributed by atoms with Crippen LogP contribution in [0.4, 0.5) is 0 Å². The summed E-state index contributed by atoms with van der Waals surface area (Å²) in [6.07, 6.45) is 0. The van der Waals surface area contributed by atoms with Crippen LogP contribution in [0.2, 0.25) is 0 Å². The third kappa shape index (κ3) is 2.89. The number of hydrogen-bond acceptors (Lipinski definition) is 4. The number of thiocarbonyl (C=S) groups is 1. The van der Waals surface area contributed by atoms with Crippen LogP contribution in [0.1, 0.15) is 19.5 Å². The Labute approximate surface area is 102 Å². The molecule has 7 heteroatoms. The van der Waals surface area contributed by atoms with Gasteiger partial charge in [0.2, 0.25) is 5.91 Å². The van der Waals surface area contributed by atoms with Gasteiger partial charge in [0.15, 0.2) is 0 Å².